The van der Waals surface area contributed by atoms with E-state index in [1.807, 2.05) is 6.92 Å². The molecule has 1 unspecified atom stereocenters. The van der Waals surface area contributed by atoms with E-state index in [1.54, 1.807) is 24.3 Å². The highest BCUT2D eigenvalue weighted by Gasteiger charge is 2.29. The smallest absolute Gasteiger partial charge is 0.363 e. The fourth-order valence-electron chi connectivity index (χ4n) is 1.58. The first-order valence-corrected chi connectivity index (χ1v) is 6.44. The van der Waals surface area contributed by atoms with Gasteiger partial charge in [0.25, 0.3) is 0 Å². The van der Waals surface area contributed by atoms with E-state index in [0.29, 0.717) is 17.1 Å². The number of rotatable bonds is 7. The van der Waals surface area contributed by atoms with Crippen LogP contribution in [0.25, 0.3) is 0 Å². The summed E-state index contributed by atoms with van der Waals surface area (Å²) in [7, 11) is 0. The lowest BCUT2D eigenvalue weighted by Gasteiger charge is -2.20. The van der Waals surface area contributed by atoms with Gasteiger partial charge in [-0.3, -0.25) is 0 Å². The molecular weight excluding hydrogens is 279 g/mol. The average Bonchev–Trinajstić information content (AvgIpc) is 2.32. The molecule has 1 aromatic rings. The zero-order valence-electron chi connectivity index (χ0n) is 10.6. The minimum Gasteiger partial charge on any atom is -0.363 e. The molecule has 2 nitrogen and oxygen atoms in total. The molecule has 0 aliphatic heterocycles. The third kappa shape index (κ3) is 6.80. The van der Waals surface area contributed by atoms with E-state index >= 15 is 0 Å². The molecule has 0 aliphatic carbocycles. The van der Waals surface area contributed by atoms with Crippen molar-refractivity contribution < 1.29 is 17.9 Å². The van der Waals surface area contributed by atoms with Gasteiger partial charge in [-0.15, -0.1) is 0 Å². The Morgan fingerprint density at radius 2 is 2.11 bits per heavy atom. The predicted octanol–water partition coefficient (Wildman–Crippen LogP) is 3.96. The first-order valence-electron chi connectivity index (χ1n) is 6.07. The Morgan fingerprint density at radius 1 is 1.37 bits per heavy atom. The Bertz CT molecular complexity index is 384. The molecule has 0 spiro atoms. The number of alkyl halides is 3. The maximum atomic E-state index is 12.2. The van der Waals surface area contributed by atoms with Gasteiger partial charge in [-0.1, -0.05) is 30.7 Å². The molecule has 108 valence electrons. The summed E-state index contributed by atoms with van der Waals surface area (Å²) in [5.41, 5.74) is 0.639. The first-order chi connectivity index (χ1) is 8.92. The van der Waals surface area contributed by atoms with Gasteiger partial charge in [-0.05, 0) is 30.7 Å². The number of hydrogen-bond donors (Lipinski definition) is 1. The van der Waals surface area contributed by atoms with Gasteiger partial charge in [-0.25, -0.2) is 0 Å². The van der Waals surface area contributed by atoms with Crippen LogP contribution < -0.4 is 5.32 Å². The molecule has 0 amide bonds. The van der Waals surface area contributed by atoms with E-state index in [0.717, 1.165) is 13.0 Å². The van der Waals surface area contributed by atoms with E-state index in [1.165, 1.54) is 0 Å². The lowest BCUT2D eigenvalue weighted by atomic mass is 10.1. The molecule has 0 bridgehead atoms. The summed E-state index contributed by atoms with van der Waals surface area (Å²) in [6, 6.07) is 6.70. The number of hydrogen-bond acceptors (Lipinski definition) is 2. The fourth-order valence-corrected chi connectivity index (χ4v) is 1.78. The highest BCUT2D eigenvalue weighted by atomic mass is 35.5. The topological polar surface area (TPSA) is 21.3 Å². The maximum absolute atomic E-state index is 12.2. The van der Waals surface area contributed by atoms with Crippen molar-refractivity contribution in [1.29, 1.82) is 0 Å². The third-order valence-corrected chi connectivity index (χ3v) is 2.66. The Labute approximate surface area is 115 Å². The van der Waals surface area contributed by atoms with Crippen LogP contribution in [0, 0.1) is 0 Å². The lowest BCUT2D eigenvalue weighted by molar-refractivity contribution is -0.185. The van der Waals surface area contributed by atoms with Gasteiger partial charge < -0.3 is 10.1 Å². The molecule has 1 N–H and O–H groups in total. The van der Waals surface area contributed by atoms with Crippen molar-refractivity contribution in [1.82, 2.24) is 5.32 Å². The van der Waals surface area contributed by atoms with Crippen molar-refractivity contribution in [2.45, 2.75) is 25.6 Å². The van der Waals surface area contributed by atoms with E-state index < -0.39 is 18.9 Å². The Balaban J connectivity index is 2.68. The van der Waals surface area contributed by atoms with E-state index in [4.69, 9.17) is 16.3 Å². The second-order valence-corrected chi connectivity index (χ2v) is 4.61. The highest BCUT2D eigenvalue weighted by Crippen LogP contribution is 2.24. The Morgan fingerprint density at radius 3 is 2.68 bits per heavy atom. The second-order valence-electron chi connectivity index (χ2n) is 4.17. The molecule has 0 heterocycles. The first kappa shape index (κ1) is 16.3. The number of ether oxygens (including phenoxy) is 1. The second kappa shape index (κ2) is 7.72. The summed E-state index contributed by atoms with van der Waals surface area (Å²) in [5, 5.41) is 3.53. The number of benzene rings is 1. The van der Waals surface area contributed by atoms with Gasteiger partial charge in [-0.2, -0.15) is 13.2 Å². The van der Waals surface area contributed by atoms with E-state index in [2.05, 4.69) is 5.32 Å². The van der Waals surface area contributed by atoms with Gasteiger partial charge in [0.15, 0.2) is 0 Å². The summed E-state index contributed by atoms with van der Waals surface area (Å²) in [4.78, 5) is 0. The number of halogens is 4. The van der Waals surface area contributed by atoms with Crippen molar-refractivity contribution in [2.24, 2.45) is 0 Å². The minimum absolute atomic E-state index is 0.324. The predicted molar refractivity (Wildman–Crippen MR) is 69.4 cm³/mol. The van der Waals surface area contributed by atoms with E-state index in [9.17, 15) is 13.2 Å². The van der Waals surface area contributed by atoms with Crippen LogP contribution in [0.3, 0.4) is 0 Å². The van der Waals surface area contributed by atoms with Crippen molar-refractivity contribution in [3.8, 4) is 0 Å². The molecule has 0 saturated heterocycles. The van der Waals surface area contributed by atoms with Crippen LogP contribution in [0.5, 0.6) is 0 Å². The van der Waals surface area contributed by atoms with Gasteiger partial charge in [0, 0.05) is 11.6 Å². The van der Waals surface area contributed by atoms with Gasteiger partial charge >= 0.3 is 6.18 Å². The molecule has 0 saturated carbocycles. The fraction of sp³-hybridized carbons (Fsp3) is 0.538. The third-order valence-electron chi connectivity index (χ3n) is 2.43. The Kier molecular flexibility index (Phi) is 6.62. The van der Waals surface area contributed by atoms with Crippen LogP contribution in [-0.4, -0.2) is 25.9 Å². The molecule has 1 rings (SSSR count). The molecule has 1 aromatic carbocycles. The highest BCUT2D eigenvalue weighted by molar-refractivity contribution is 6.30. The zero-order valence-corrected chi connectivity index (χ0v) is 11.4. The molecule has 0 aliphatic rings. The molecule has 0 fully saturated rings. The average molecular weight is 296 g/mol. The zero-order chi connectivity index (χ0) is 14.3. The lowest BCUT2D eigenvalue weighted by Crippen LogP contribution is -2.27. The van der Waals surface area contributed by atoms with Gasteiger partial charge in [0.1, 0.15) is 6.61 Å². The summed E-state index contributed by atoms with van der Waals surface area (Å²) in [6.45, 7) is 1.77. The Hall–Kier alpha value is -0.780. The maximum Gasteiger partial charge on any atom is 0.411 e. The summed E-state index contributed by atoms with van der Waals surface area (Å²) in [5.74, 6) is 0. The van der Waals surface area contributed by atoms with Crippen molar-refractivity contribution in [3.05, 3.63) is 34.9 Å². The molecule has 1 atom stereocenters. The van der Waals surface area contributed by atoms with Crippen LogP contribution in [0.15, 0.2) is 24.3 Å². The summed E-state index contributed by atoms with van der Waals surface area (Å²) >= 11 is 5.84. The largest absolute Gasteiger partial charge is 0.411 e. The summed E-state index contributed by atoms with van der Waals surface area (Å²) in [6.07, 6.45) is -4.09. The van der Waals surface area contributed by atoms with Crippen LogP contribution >= 0.6 is 11.6 Å². The van der Waals surface area contributed by atoms with Gasteiger partial charge in [0.05, 0.1) is 6.10 Å². The van der Waals surface area contributed by atoms with Crippen LogP contribution in [0.2, 0.25) is 5.02 Å². The quantitative estimate of drug-likeness (QED) is 0.769. The SMILES string of the molecule is CCCNCC(OCC(F)(F)F)c1cccc(Cl)c1. The van der Waals surface area contributed by atoms with Crippen molar-refractivity contribution in [2.75, 3.05) is 19.7 Å². The molecule has 6 heteroatoms. The molecule has 0 aromatic heterocycles. The molecule has 0 radical (unpaired) electrons. The minimum atomic E-state index is -4.33. The van der Waals surface area contributed by atoms with Crippen molar-refractivity contribution >= 4 is 11.6 Å². The van der Waals surface area contributed by atoms with Crippen LogP contribution in [0.1, 0.15) is 25.0 Å². The van der Waals surface area contributed by atoms with Gasteiger partial charge in [0.2, 0.25) is 0 Å². The standard InChI is InChI=1S/C13H17ClF3NO/c1-2-6-18-8-12(19-9-13(15,16)17)10-4-3-5-11(14)7-10/h3-5,7,12,18H,2,6,8-9H2,1H3. The van der Waals surface area contributed by atoms with Crippen molar-refractivity contribution in [3.63, 3.8) is 0 Å². The van der Waals surface area contributed by atoms with Crippen LogP contribution in [-0.2, 0) is 4.74 Å². The molecular formula is C13H17ClF3NO. The van der Waals surface area contributed by atoms with E-state index in [-0.39, 0.29) is 0 Å². The summed E-state index contributed by atoms with van der Waals surface area (Å²) < 4.78 is 41.6. The van der Waals surface area contributed by atoms with Crippen LogP contribution in [0.4, 0.5) is 13.2 Å². The normalized spacial score (nSPS) is 13.5. The molecule has 19 heavy (non-hydrogen) atoms. The monoisotopic (exact) mass is 295 g/mol. The number of nitrogens with one attached hydrogen (secondary N) is 1.